The molecular formula is C20H29N5O3. The number of aromatic amines is 1. The molecule has 4 atom stereocenters. The lowest BCUT2D eigenvalue weighted by molar-refractivity contribution is -0.0520. The van der Waals surface area contributed by atoms with Gasteiger partial charge >= 0.3 is 0 Å². The summed E-state index contributed by atoms with van der Waals surface area (Å²) >= 11 is 0. The van der Waals surface area contributed by atoms with Gasteiger partial charge in [0.05, 0.1) is 25.0 Å². The lowest BCUT2D eigenvalue weighted by Crippen LogP contribution is -2.53. The number of aryl methyl sites for hydroxylation is 1. The number of nitrogens with zero attached hydrogens (tertiary/aromatic N) is 4. The van der Waals surface area contributed by atoms with Crippen molar-refractivity contribution in [1.82, 2.24) is 24.4 Å². The van der Waals surface area contributed by atoms with Crippen LogP contribution in [0.3, 0.4) is 0 Å². The summed E-state index contributed by atoms with van der Waals surface area (Å²) in [6.45, 7) is 8.00. The summed E-state index contributed by atoms with van der Waals surface area (Å²) in [5.74, 6) is 1.14. The zero-order valence-electron chi connectivity index (χ0n) is 16.4. The zero-order valence-corrected chi connectivity index (χ0v) is 16.4. The normalized spacial score (nSPS) is 32.1. The first-order valence-corrected chi connectivity index (χ1v) is 10.4. The van der Waals surface area contributed by atoms with Gasteiger partial charge in [-0.2, -0.15) is 0 Å². The highest BCUT2D eigenvalue weighted by molar-refractivity contribution is 5.39. The fourth-order valence-corrected chi connectivity index (χ4v) is 5.41. The van der Waals surface area contributed by atoms with Gasteiger partial charge in [0.2, 0.25) is 0 Å². The molecule has 0 spiro atoms. The Morgan fingerprint density at radius 2 is 1.96 bits per heavy atom. The highest BCUT2D eigenvalue weighted by atomic mass is 16.5. The predicted octanol–water partition coefficient (Wildman–Crippen LogP) is 0.235. The monoisotopic (exact) mass is 387 g/mol. The summed E-state index contributed by atoms with van der Waals surface area (Å²) in [6.07, 6.45) is 1.67. The Bertz CT molecular complexity index is 903. The number of H-pyrrole nitrogens is 1. The molecule has 0 radical (unpaired) electrons. The Labute approximate surface area is 164 Å². The smallest absolute Gasteiger partial charge is 0.272 e. The molecule has 0 bridgehead atoms. The number of morpholine rings is 1. The van der Waals surface area contributed by atoms with E-state index in [1.54, 1.807) is 6.07 Å². The molecule has 2 aliphatic heterocycles. The number of ether oxygens (including phenoxy) is 1. The maximum Gasteiger partial charge on any atom is 0.272 e. The van der Waals surface area contributed by atoms with Gasteiger partial charge in [0.1, 0.15) is 0 Å². The van der Waals surface area contributed by atoms with Crippen molar-refractivity contribution >= 4 is 5.65 Å². The number of aromatic nitrogens is 3. The molecule has 0 unspecified atom stereocenters. The van der Waals surface area contributed by atoms with Gasteiger partial charge in [-0.15, -0.1) is 0 Å². The Kier molecular flexibility index (Phi) is 4.74. The molecule has 5 rings (SSSR count). The third kappa shape index (κ3) is 3.39. The molecule has 2 aromatic heterocycles. The summed E-state index contributed by atoms with van der Waals surface area (Å²) in [4.78, 5) is 21.8. The van der Waals surface area contributed by atoms with Crippen LogP contribution in [0.15, 0.2) is 16.9 Å². The topological polar surface area (TPSA) is 86.1 Å². The molecule has 8 nitrogen and oxygen atoms in total. The number of hydrogen-bond donors (Lipinski definition) is 2. The van der Waals surface area contributed by atoms with Crippen molar-refractivity contribution in [2.45, 2.75) is 38.5 Å². The van der Waals surface area contributed by atoms with Crippen molar-refractivity contribution in [3.63, 3.8) is 0 Å². The van der Waals surface area contributed by atoms with Crippen LogP contribution in [0.4, 0.5) is 0 Å². The zero-order chi connectivity index (χ0) is 19.3. The van der Waals surface area contributed by atoms with Crippen LogP contribution in [0.5, 0.6) is 0 Å². The number of nitrogens with one attached hydrogen (secondary N) is 1. The maximum absolute atomic E-state index is 12.3. The Balaban J connectivity index is 1.27. The first-order chi connectivity index (χ1) is 13.6. The van der Waals surface area contributed by atoms with Crippen molar-refractivity contribution in [1.29, 1.82) is 0 Å². The first kappa shape index (κ1) is 18.3. The van der Waals surface area contributed by atoms with Crippen LogP contribution in [0, 0.1) is 18.8 Å². The van der Waals surface area contributed by atoms with Crippen LogP contribution in [0.25, 0.3) is 5.65 Å². The van der Waals surface area contributed by atoms with E-state index in [0.717, 1.165) is 63.6 Å². The van der Waals surface area contributed by atoms with Gasteiger partial charge in [0.25, 0.3) is 5.56 Å². The highest BCUT2D eigenvalue weighted by Gasteiger charge is 2.43. The van der Waals surface area contributed by atoms with Gasteiger partial charge in [-0.1, -0.05) is 0 Å². The fraction of sp³-hybridized carbons (Fsp3) is 0.700. The van der Waals surface area contributed by atoms with Crippen LogP contribution in [0.1, 0.15) is 24.2 Å². The molecule has 1 saturated carbocycles. The second kappa shape index (κ2) is 7.26. The molecule has 2 N–H and O–H groups in total. The van der Waals surface area contributed by atoms with Crippen LogP contribution in [0.2, 0.25) is 0 Å². The summed E-state index contributed by atoms with van der Waals surface area (Å²) in [5, 5.41) is 13.8. The molecule has 152 valence electrons. The summed E-state index contributed by atoms with van der Waals surface area (Å²) in [5.41, 5.74) is 2.37. The van der Waals surface area contributed by atoms with E-state index in [1.165, 1.54) is 4.52 Å². The molecule has 2 saturated heterocycles. The van der Waals surface area contributed by atoms with Crippen LogP contribution < -0.4 is 5.56 Å². The molecule has 0 aromatic carbocycles. The van der Waals surface area contributed by atoms with E-state index in [4.69, 9.17) is 4.74 Å². The molecule has 2 aromatic rings. The van der Waals surface area contributed by atoms with Gasteiger partial charge in [0.15, 0.2) is 5.65 Å². The minimum Gasteiger partial charge on any atom is -0.391 e. The second-order valence-electron chi connectivity index (χ2n) is 8.69. The van der Waals surface area contributed by atoms with Gasteiger partial charge in [-0.25, -0.2) is 9.50 Å². The van der Waals surface area contributed by atoms with E-state index < -0.39 is 0 Å². The molecule has 3 aliphatic rings. The Hall–Kier alpha value is -1.74. The van der Waals surface area contributed by atoms with Crippen molar-refractivity contribution in [3.05, 3.63) is 33.9 Å². The van der Waals surface area contributed by atoms with Crippen molar-refractivity contribution < 1.29 is 9.84 Å². The summed E-state index contributed by atoms with van der Waals surface area (Å²) < 4.78 is 6.96. The molecule has 0 amide bonds. The van der Waals surface area contributed by atoms with E-state index in [0.29, 0.717) is 24.0 Å². The average Bonchev–Trinajstić information content (AvgIpc) is 3.23. The van der Waals surface area contributed by atoms with Crippen LogP contribution >= 0.6 is 0 Å². The number of fused-ring (bicyclic) bond motifs is 2. The largest absolute Gasteiger partial charge is 0.391 e. The van der Waals surface area contributed by atoms with E-state index >= 15 is 0 Å². The number of likely N-dealkylation sites (tertiary alicyclic amines) is 1. The van der Waals surface area contributed by atoms with E-state index in [-0.39, 0.29) is 17.7 Å². The lowest BCUT2D eigenvalue weighted by atomic mass is 9.77. The van der Waals surface area contributed by atoms with Gasteiger partial charge in [-0.3, -0.25) is 19.7 Å². The number of hydrogen-bond acceptors (Lipinski definition) is 6. The molecular weight excluding hydrogens is 358 g/mol. The van der Waals surface area contributed by atoms with Crippen LogP contribution in [-0.4, -0.2) is 81.0 Å². The maximum atomic E-state index is 12.3. The molecule has 8 heteroatoms. The number of aliphatic hydroxyl groups is 1. The Morgan fingerprint density at radius 3 is 2.75 bits per heavy atom. The Morgan fingerprint density at radius 1 is 1.21 bits per heavy atom. The number of rotatable bonds is 3. The van der Waals surface area contributed by atoms with Crippen molar-refractivity contribution in [3.8, 4) is 0 Å². The van der Waals surface area contributed by atoms with Crippen molar-refractivity contribution in [2.24, 2.45) is 11.8 Å². The fourth-order valence-electron chi connectivity index (χ4n) is 5.41. The second-order valence-corrected chi connectivity index (χ2v) is 8.69. The van der Waals surface area contributed by atoms with Gasteiger partial charge < -0.3 is 9.84 Å². The highest BCUT2D eigenvalue weighted by Crippen LogP contribution is 2.38. The first-order valence-electron chi connectivity index (χ1n) is 10.4. The minimum absolute atomic E-state index is 0.0625. The average molecular weight is 387 g/mol. The summed E-state index contributed by atoms with van der Waals surface area (Å²) in [6, 6.07) is 3.79. The predicted molar refractivity (Wildman–Crippen MR) is 104 cm³/mol. The van der Waals surface area contributed by atoms with Gasteiger partial charge in [-0.05, 0) is 31.6 Å². The van der Waals surface area contributed by atoms with Crippen LogP contribution in [-0.2, 0) is 11.3 Å². The summed E-state index contributed by atoms with van der Waals surface area (Å²) in [7, 11) is 0. The van der Waals surface area contributed by atoms with E-state index in [9.17, 15) is 9.90 Å². The molecule has 1 aliphatic carbocycles. The van der Waals surface area contributed by atoms with E-state index in [2.05, 4.69) is 19.9 Å². The minimum atomic E-state index is -0.249. The third-order valence-corrected chi connectivity index (χ3v) is 6.72. The SMILES string of the molecule is Cc1cc2nc(CN3C[C@H]4C[C@@H](N5CCOCC5)[C@H](O)C[C@H]4C3)cc(=O)n2[nH]1. The molecule has 3 fully saturated rings. The number of aliphatic hydroxyl groups excluding tert-OH is 1. The molecule has 28 heavy (non-hydrogen) atoms. The molecule has 4 heterocycles. The van der Waals surface area contributed by atoms with Gasteiger partial charge in [0, 0.05) is 56.6 Å². The quantitative estimate of drug-likeness (QED) is 0.785. The lowest BCUT2D eigenvalue weighted by Gasteiger charge is -2.43. The standard InChI is InChI=1S/C20H29N5O3/c1-13-6-19-21-16(9-20(27)25(19)22-13)12-23-10-14-7-17(18(26)8-15(14)11-23)24-2-4-28-5-3-24/h6,9,14-15,17-18,22,26H,2-5,7-8,10-12H2,1H3/t14-,15+,17-,18-/m1/s1. The van der Waals surface area contributed by atoms with Crippen molar-refractivity contribution in [2.75, 3.05) is 39.4 Å². The third-order valence-electron chi connectivity index (χ3n) is 6.72. The van der Waals surface area contributed by atoms with E-state index in [1.807, 2.05) is 13.0 Å².